The lowest BCUT2D eigenvalue weighted by Crippen LogP contribution is -2.61. The molecule has 0 spiro atoms. The van der Waals surface area contributed by atoms with Crippen molar-refractivity contribution < 1.29 is 8.83 Å². The van der Waals surface area contributed by atoms with Crippen molar-refractivity contribution in [3.05, 3.63) is 199 Å². The molecule has 4 nitrogen and oxygen atoms in total. The number of anilines is 6. The van der Waals surface area contributed by atoms with E-state index >= 15 is 0 Å². The van der Waals surface area contributed by atoms with Crippen molar-refractivity contribution in [1.29, 1.82) is 0 Å². The molecule has 0 saturated carbocycles. The third-order valence-electron chi connectivity index (χ3n) is 14.6. The predicted molar refractivity (Wildman–Crippen MR) is 288 cm³/mol. The number of hydrogen-bond donors (Lipinski definition) is 0. The molecule has 0 N–H and O–H groups in total. The van der Waals surface area contributed by atoms with E-state index in [1.807, 2.05) is 0 Å². The van der Waals surface area contributed by atoms with Crippen molar-refractivity contribution in [2.75, 3.05) is 9.80 Å². The Kier molecular flexibility index (Phi) is 8.71. The van der Waals surface area contributed by atoms with Gasteiger partial charge in [0.25, 0.3) is 6.71 Å². The lowest BCUT2D eigenvalue weighted by Gasteiger charge is -2.45. The molecule has 4 heterocycles. The quantitative estimate of drug-likeness (QED) is 0.165. The van der Waals surface area contributed by atoms with Gasteiger partial charge in [0.1, 0.15) is 22.3 Å². The molecule has 68 heavy (non-hydrogen) atoms. The number of fused-ring (bicyclic) bond motifs is 10. The number of aryl methyl sites for hydroxylation is 1. The van der Waals surface area contributed by atoms with Crippen LogP contribution < -0.4 is 26.2 Å². The molecule has 2 aliphatic heterocycles. The fraction of sp³-hybridized carbons (Fsp3) is 0.143. The summed E-state index contributed by atoms with van der Waals surface area (Å²) in [7, 11) is 0. The highest BCUT2D eigenvalue weighted by Gasteiger charge is 2.45. The minimum absolute atomic E-state index is 0.0621. The van der Waals surface area contributed by atoms with Crippen LogP contribution in [0.1, 0.15) is 58.2 Å². The summed E-state index contributed by atoms with van der Waals surface area (Å²) in [5, 5.41) is 4.45. The molecule has 9 aromatic carbocycles. The second kappa shape index (κ2) is 14.6. The SMILES string of the molecule is Cc1cc2c3c(c1)N(c1cc4oc5ccccc5c4cc1-c1ccccc1)c1ccc(C(C)(C)C)cc1B3c1cc(C(C)(C)C)ccc1N2c1cc2oc3ccccc3c2cc1-c1ccccc1. The van der Waals surface area contributed by atoms with Gasteiger partial charge in [-0.25, -0.2) is 0 Å². The highest BCUT2D eigenvalue weighted by molar-refractivity contribution is 7.00. The first kappa shape index (κ1) is 40.5. The van der Waals surface area contributed by atoms with Crippen LogP contribution in [0.15, 0.2) is 191 Å². The van der Waals surface area contributed by atoms with Crippen LogP contribution in [-0.2, 0) is 10.8 Å². The standard InChI is InChI=1S/C63H51BN2O2/c1-38-30-55-61-56(31-38)66(54-37-60-48(44-23-15-17-25-58(44)68-60)35-46(54)40-20-12-9-13-21-40)52-29-27-42(63(5,6)7)33-50(52)64(61)49-32-41(62(2,3)4)26-28-51(49)65(55)53-36-59-47(43-22-14-16-24-57(43)67-59)34-45(53)39-18-10-8-11-19-39/h8-37H,1-7H3. The van der Waals surface area contributed by atoms with Gasteiger partial charge in [-0.05, 0) is 110 Å². The van der Waals surface area contributed by atoms with Crippen LogP contribution in [0.2, 0.25) is 0 Å². The Bertz CT molecular complexity index is 3600. The largest absolute Gasteiger partial charge is 0.456 e. The molecule has 13 rings (SSSR count). The van der Waals surface area contributed by atoms with Crippen LogP contribution in [0.25, 0.3) is 66.1 Å². The van der Waals surface area contributed by atoms with Crippen molar-refractivity contribution in [3.63, 3.8) is 0 Å². The van der Waals surface area contributed by atoms with Crippen LogP contribution in [-0.4, -0.2) is 6.71 Å². The van der Waals surface area contributed by atoms with E-state index in [9.17, 15) is 0 Å². The highest BCUT2D eigenvalue weighted by Crippen LogP contribution is 2.51. The normalized spacial score (nSPS) is 13.4. The number of benzene rings is 9. The minimum atomic E-state index is -0.0814. The lowest BCUT2D eigenvalue weighted by molar-refractivity contribution is 0.590. The molecule has 0 bridgehead atoms. The van der Waals surface area contributed by atoms with E-state index in [-0.39, 0.29) is 17.5 Å². The molecule has 0 fully saturated rings. The maximum atomic E-state index is 6.75. The summed E-state index contributed by atoms with van der Waals surface area (Å²) < 4.78 is 13.5. The minimum Gasteiger partial charge on any atom is -0.456 e. The maximum absolute atomic E-state index is 6.75. The van der Waals surface area contributed by atoms with Gasteiger partial charge in [-0.15, -0.1) is 0 Å². The molecule has 0 amide bonds. The van der Waals surface area contributed by atoms with Crippen LogP contribution >= 0.6 is 0 Å². The predicted octanol–water partition coefficient (Wildman–Crippen LogP) is 15.8. The van der Waals surface area contributed by atoms with E-state index in [1.54, 1.807) is 0 Å². The van der Waals surface area contributed by atoms with Gasteiger partial charge < -0.3 is 18.6 Å². The highest BCUT2D eigenvalue weighted by atomic mass is 16.3. The Morgan fingerprint density at radius 2 is 0.779 bits per heavy atom. The van der Waals surface area contributed by atoms with Crippen LogP contribution in [0.4, 0.5) is 34.1 Å². The molecule has 2 aliphatic rings. The van der Waals surface area contributed by atoms with Crippen molar-refractivity contribution in [2.24, 2.45) is 0 Å². The third-order valence-corrected chi connectivity index (χ3v) is 14.6. The molecule has 5 heteroatoms. The molecule has 11 aromatic rings. The Morgan fingerprint density at radius 3 is 1.21 bits per heavy atom. The van der Waals surface area contributed by atoms with E-state index in [2.05, 4.69) is 240 Å². The summed E-state index contributed by atoms with van der Waals surface area (Å²) in [6.07, 6.45) is 0. The van der Waals surface area contributed by atoms with Gasteiger partial charge in [0.2, 0.25) is 0 Å². The summed E-state index contributed by atoms with van der Waals surface area (Å²) in [5.41, 5.74) is 22.4. The summed E-state index contributed by atoms with van der Waals surface area (Å²) in [6.45, 7) is 16.2. The van der Waals surface area contributed by atoms with Gasteiger partial charge in [0, 0.05) is 67.6 Å². The van der Waals surface area contributed by atoms with Gasteiger partial charge >= 0.3 is 0 Å². The van der Waals surface area contributed by atoms with Gasteiger partial charge in [-0.2, -0.15) is 0 Å². The number of nitrogens with zero attached hydrogens (tertiary/aromatic N) is 2. The number of furan rings is 2. The molecule has 0 saturated heterocycles. The monoisotopic (exact) mass is 878 g/mol. The Morgan fingerprint density at radius 1 is 0.368 bits per heavy atom. The van der Waals surface area contributed by atoms with Crippen molar-refractivity contribution in [3.8, 4) is 22.3 Å². The van der Waals surface area contributed by atoms with E-state index in [1.165, 1.54) is 44.5 Å². The Labute approximate surface area is 398 Å². The zero-order valence-electron chi connectivity index (χ0n) is 39.6. The van der Waals surface area contributed by atoms with Crippen LogP contribution in [0, 0.1) is 6.92 Å². The number of rotatable bonds is 4. The first-order chi connectivity index (χ1) is 32.9. The molecule has 0 unspecified atom stereocenters. The third kappa shape index (κ3) is 6.14. The lowest BCUT2D eigenvalue weighted by atomic mass is 9.33. The summed E-state index contributed by atoms with van der Waals surface area (Å²) in [5.74, 6) is 0. The fourth-order valence-electron chi connectivity index (χ4n) is 11.2. The molecular formula is C63H51BN2O2. The van der Waals surface area contributed by atoms with E-state index in [4.69, 9.17) is 8.83 Å². The zero-order chi connectivity index (χ0) is 46.2. The fourth-order valence-corrected chi connectivity index (χ4v) is 11.2. The van der Waals surface area contributed by atoms with Crippen molar-refractivity contribution in [1.82, 2.24) is 0 Å². The summed E-state index contributed by atoms with van der Waals surface area (Å²) in [6, 6.07) is 67.2. The van der Waals surface area contributed by atoms with Crippen LogP contribution in [0.5, 0.6) is 0 Å². The zero-order valence-corrected chi connectivity index (χ0v) is 39.6. The average Bonchev–Trinajstić information content (AvgIpc) is 3.90. The molecule has 328 valence electrons. The first-order valence-corrected chi connectivity index (χ1v) is 23.9. The Balaban J connectivity index is 1.17. The van der Waals surface area contributed by atoms with Gasteiger partial charge in [-0.1, -0.05) is 163 Å². The van der Waals surface area contributed by atoms with E-state index in [0.717, 1.165) is 88.9 Å². The summed E-state index contributed by atoms with van der Waals surface area (Å²) >= 11 is 0. The second-order valence-corrected chi connectivity index (χ2v) is 21.0. The molecular weight excluding hydrogens is 828 g/mol. The van der Waals surface area contributed by atoms with E-state index in [0.29, 0.717) is 0 Å². The molecule has 2 aromatic heterocycles. The topological polar surface area (TPSA) is 32.8 Å². The number of para-hydroxylation sites is 2. The maximum Gasteiger partial charge on any atom is 0.252 e. The smallest absolute Gasteiger partial charge is 0.252 e. The van der Waals surface area contributed by atoms with Crippen molar-refractivity contribution in [2.45, 2.75) is 59.3 Å². The number of hydrogen-bond acceptors (Lipinski definition) is 4. The molecule has 0 radical (unpaired) electrons. The van der Waals surface area contributed by atoms with E-state index < -0.39 is 0 Å². The molecule has 0 aliphatic carbocycles. The average molecular weight is 879 g/mol. The first-order valence-electron chi connectivity index (χ1n) is 23.9. The van der Waals surface area contributed by atoms with Crippen molar-refractivity contribution >= 4 is 101 Å². The Hall–Kier alpha value is -7.76. The van der Waals surface area contributed by atoms with Crippen LogP contribution in [0.3, 0.4) is 0 Å². The molecule has 0 atom stereocenters. The van der Waals surface area contributed by atoms with Gasteiger partial charge in [-0.3, -0.25) is 0 Å². The summed E-state index contributed by atoms with van der Waals surface area (Å²) in [4.78, 5) is 5.10. The van der Waals surface area contributed by atoms with Gasteiger partial charge in [0.15, 0.2) is 0 Å². The second-order valence-electron chi connectivity index (χ2n) is 21.0. The van der Waals surface area contributed by atoms with Gasteiger partial charge in [0.05, 0.1) is 11.4 Å².